The predicted molar refractivity (Wildman–Crippen MR) is 150 cm³/mol. The summed E-state index contributed by atoms with van der Waals surface area (Å²) in [5, 5.41) is 11.0. The molecule has 0 unspecified atom stereocenters. The molecule has 5 rings (SSSR count). The van der Waals surface area contributed by atoms with Gasteiger partial charge in [-0.25, -0.2) is 9.67 Å². The number of carbonyl (C=O) groups excluding carboxylic acids is 1. The van der Waals surface area contributed by atoms with E-state index >= 15 is 0 Å². The van der Waals surface area contributed by atoms with E-state index in [1.807, 2.05) is 36.4 Å². The molecule has 1 fully saturated rings. The standard InChI is InChI=1S/C22H19ClN6O2.C6H10O2/c1-24-20-21(30)27-22(29(28-20)14-15-5-7-16(23)8-6-15)26-17-9-11-18(12-10-17)31-19-4-2-3-13-25-19;7-5-6-1-3-8-4-2-6/h2-13H,14H2,1H3,(H,24,28)(H,26,27,30);5-6H,1-4H2. The van der Waals surface area contributed by atoms with Crippen LogP contribution in [0.4, 0.5) is 17.5 Å². The summed E-state index contributed by atoms with van der Waals surface area (Å²) >= 11 is 5.97. The van der Waals surface area contributed by atoms with Crippen LogP contribution in [0, 0.1) is 5.92 Å². The van der Waals surface area contributed by atoms with Crippen LogP contribution in [0.3, 0.4) is 0 Å². The minimum atomic E-state index is -0.451. The first-order valence-electron chi connectivity index (χ1n) is 12.4. The van der Waals surface area contributed by atoms with Crippen molar-refractivity contribution in [1.29, 1.82) is 0 Å². The number of hydrogen-bond acceptors (Lipinski definition) is 9. The fourth-order valence-electron chi connectivity index (χ4n) is 3.66. The van der Waals surface area contributed by atoms with E-state index in [4.69, 9.17) is 21.1 Å². The van der Waals surface area contributed by atoms with E-state index in [2.05, 4.69) is 25.7 Å². The third kappa shape index (κ3) is 8.36. The molecule has 1 saturated heterocycles. The van der Waals surface area contributed by atoms with Gasteiger partial charge >= 0.3 is 5.56 Å². The molecular formula is C28H29ClN6O4. The molecule has 2 aromatic carbocycles. The average Bonchev–Trinajstić information content (AvgIpc) is 2.98. The monoisotopic (exact) mass is 548 g/mol. The summed E-state index contributed by atoms with van der Waals surface area (Å²) < 4.78 is 12.4. The van der Waals surface area contributed by atoms with Crippen LogP contribution in [0.25, 0.3) is 0 Å². The van der Waals surface area contributed by atoms with Gasteiger partial charge in [0.2, 0.25) is 17.6 Å². The number of nitrogens with one attached hydrogen (secondary N) is 2. The van der Waals surface area contributed by atoms with Crippen LogP contribution in [0.5, 0.6) is 11.6 Å². The van der Waals surface area contributed by atoms with E-state index < -0.39 is 5.56 Å². The number of ether oxygens (including phenoxy) is 2. The number of anilines is 3. The van der Waals surface area contributed by atoms with Crippen LogP contribution in [0.15, 0.2) is 77.7 Å². The van der Waals surface area contributed by atoms with Crippen LogP contribution in [-0.2, 0) is 16.1 Å². The zero-order valence-corrected chi connectivity index (χ0v) is 22.2. The smallest absolute Gasteiger partial charge is 0.317 e. The van der Waals surface area contributed by atoms with Crippen molar-refractivity contribution in [2.45, 2.75) is 19.4 Å². The minimum Gasteiger partial charge on any atom is -0.439 e. The van der Waals surface area contributed by atoms with Crippen molar-refractivity contribution in [2.75, 3.05) is 30.9 Å². The summed E-state index contributed by atoms with van der Waals surface area (Å²) in [6.45, 7) is 1.94. The van der Waals surface area contributed by atoms with Gasteiger partial charge < -0.3 is 24.9 Å². The van der Waals surface area contributed by atoms with Gasteiger partial charge in [0.25, 0.3) is 0 Å². The van der Waals surface area contributed by atoms with Crippen LogP contribution in [-0.4, -0.2) is 46.3 Å². The first-order valence-corrected chi connectivity index (χ1v) is 12.8. The zero-order valence-electron chi connectivity index (χ0n) is 21.4. The lowest BCUT2D eigenvalue weighted by Gasteiger charge is -2.15. The van der Waals surface area contributed by atoms with Crippen molar-refractivity contribution in [3.63, 3.8) is 0 Å². The molecule has 0 spiro atoms. The summed E-state index contributed by atoms with van der Waals surface area (Å²) in [6, 6.07) is 20.1. The van der Waals surface area contributed by atoms with Crippen molar-refractivity contribution in [1.82, 2.24) is 19.7 Å². The molecule has 0 amide bonds. The maximum Gasteiger partial charge on any atom is 0.317 e. The molecule has 2 aromatic heterocycles. The molecule has 11 heteroatoms. The average molecular weight is 549 g/mol. The number of rotatable bonds is 8. The quantitative estimate of drug-likeness (QED) is 0.295. The minimum absolute atomic E-state index is 0.165. The number of pyridine rings is 1. The van der Waals surface area contributed by atoms with Gasteiger partial charge in [0.15, 0.2) is 0 Å². The maximum absolute atomic E-state index is 12.2. The Bertz CT molecular complexity index is 1390. The zero-order chi connectivity index (χ0) is 27.5. The fourth-order valence-corrected chi connectivity index (χ4v) is 3.78. The maximum atomic E-state index is 12.2. The molecule has 0 aliphatic carbocycles. The number of benzene rings is 2. The molecular weight excluding hydrogens is 520 g/mol. The van der Waals surface area contributed by atoms with E-state index in [0.29, 0.717) is 29.1 Å². The van der Waals surface area contributed by atoms with Gasteiger partial charge in [0, 0.05) is 49.2 Å². The highest BCUT2D eigenvalue weighted by atomic mass is 35.5. The summed E-state index contributed by atoms with van der Waals surface area (Å²) in [4.78, 5) is 30.6. The highest BCUT2D eigenvalue weighted by molar-refractivity contribution is 6.30. The molecule has 0 radical (unpaired) electrons. The molecule has 4 aromatic rings. The molecule has 1 aliphatic heterocycles. The summed E-state index contributed by atoms with van der Waals surface area (Å²) in [5.74, 6) is 1.91. The second kappa shape index (κ2) is 14.0. The highest BCUT2D eigenvalue weighted by Crippen LogP contribution is 2.23. The van der Waals surface area contributed by atoms with Gasteiger partial charge in [-0.3, -0.25) is 4.79 Å². The van der Waals surface area contributed by atoms with E-state index in [9.17, 15) is 9.59 Å². The van der Waals surface area contributed by atoms with Gasteiger partial charge in [0.1, 0.15) is 12.0 Å². The Hall–Kier alpha value is -4.28. The molecule has 0 saturated carbocycles. The lowest BCUT2D eigenvalue weighted by molar-refractivity contribution is -0.113. The van der Waals surface area contributed by atoms with Gasteiger partial charge in [-0.15, -0.1) is 5.10 Å². The van der Waals surface area contributed by atoms with Gasteiger partial charge in [0.05, 0.1) is 6.54 Å². The Morgan fingerprint density at radius 3 is 2.44 bits per heavy atom. The van der Waals surface area contributed by atoms with Crippen molar-refractivity contribution >= 4 is 35.3 Å². The lowest BCUT2D eigenvalue weighted by Crippen LogP contribution is -2.23. The van der Waals surface area contributed by atoms with E-state index in [-0.39, 0.29) is 11.7 Å². The second-order valence-corrected chi connectivity index (χ2v) is 9.07. The van der Waals surface area contributed by atoms with Crippen LogP contribution in [0.1, 0.15) is 18.4 Å². The largest absolute Gasteiger partial charge is 0.439 e. The first-order chi connectivity index (χ1) is 19.0. The Kier molecular flexibility index (Phi) is 9.98. The van der Waals surface area contributed by atoms with E-state index in [1.165, 1.54) is 0 Å². The number of hydrogen-bond donors (Lipinski definition) is 2. The summed E-state index contributed by atoms with van der Waals surface area (Å²) in [5.41, 5.74) is 1.24. The molecule has 0 atom stereocenters. The van der Waals surface area contributed by atoms with Crippen LogP contribution < -0.4 is 20.9 Å². The van der Waals surface area contributed by atoms with E-state index in [0.717, 1.165) is 43.6 Å². The molecule has 202 valence electrons. The SMILES string of the molecule is CNc1nn(Cc2ccc(Cl)cc2)c(Nc2ccc(Oc3ccccn3)cc2)nc1=O.O=CC1CCOCC1. The van der Waals surface area contributed by atoms with Crippen molar-refractivity contribution in [3.8, 4) is 11.6 Å². The molecule has 1 aliphatic rings. The molecule has 2 N–H and O–H groups in total. The topological polar surface area (TPSA) is 120 Å². The lowest BCUT2D eigenvalue weighted by atomic mass is 10.0. The number of aldehydes is 1. The molecule has 10 nitrogen and oxygen atoms in total. The number of aromatic nitrogens is 4. The third-order valence-electron chi connectivity index (χ3n) is 5.79. The first kappa shape index (κ1) is 27.7. The third-order valence-corrected chi connectivity index (χ3v) is 6.04. The second-order valence-electron chi connectivity index (χ2n) is 8.63. The normalized spacial score (nSPS) is 13.1. The van der Waals surface area contributed by atoms with Gasteiger partial charge in [-0.1, -0.05) is 29.8 Å². The highest BCUT2D eigenvalue weighted by Gasteiger charge is 2.12. The van der Waals surface area contributed by atoms with Crippen LogP contribution >= 0.6 is 11.6 Å². The van der Waals surface area contributed by atoms with E-state index in [1.54, 1.807) is 48.3 Å². The Morgan fingerprint density at radius 1 is 1.08 bits per heavy atom. The Labute approximate surface area is 231 Å². The van der Waals surface area contributed by atoms with Crippen molar-refractivity contribution in [2.24, 2.45) is 5.92 Å². The Morgan fingerprint density at radius 2 is 1.82 bits per heavy atom. The number of nitrogens with zero attached hydrogens (tertiary/aromatic N) is 4. The van der Waals surface area contributed by atoms with Gasteiger partial charge in [-0.2, -0.15) is 4.98 Å². The molecule has 39 heavy (non-hydrogen) atoms. The molecule has 3 heterocycles. The number of halogens is 1. The number of carbonyl (C=O) groups is 1. The van der Waals surface area contributed by atoms with Gasteiger partial charge in [-0.05, 0) is 60.9 Å². The van der Waals surface area contributed by atoms with Crippen molar-refractivity contribution in [3.05, 3.63) is 93.9 Å². The molecule has 0 bridgehead atoms. The summed E-state index contributed by atoms with van der Waals surface area (Å²) in [7, 11) is 1.63. The fraction of sp³-hybridized carbons (Fsp3) is 0.250. The summed E-state index contributed by atoms with van der Waals surface area (Å²) in [6.07, 6.45) is 4.54. The van der Waals surface area contributed by atoms with Crippen LogP contribution in [0.2, 0.25) is 5.02 Å². The predicted octanol–water partition coefficient (Wildman–Crippen LogP) is 4.92. The van der Waals surface area contributed by atoms with Crippen molar-refractivity contribution < 1.29 is 14.3 Å². The Balaban J connectivity index is 0.000000379.